The number of fused-ring (bicyclic) bond motifs is 1. The maximum atomic E-state index is 6.38. The number of hydrogen-bond acceptors (Lipinski definition) is 5. The third kappa shape index (κ3) is 3.01. The largest absolute Gasteiger partial charge is 0.361 e. The van der Waals surface area contributed by atoms with Gasteiger partial charge in [-0.3, -0.25) is 4.90 Å². The fraction of sp³-hybridized carbons (Fsp3) is 0.444. The molecule has 0 spiro atoms. The lowest BCUT2D eigenvalue weighted by atomic mass is 9.87. The number of aromatic nitrogens is 4. The van der Waals surface area contributed by atoms with Gasteiger partial charge in [-0.15, -0.1) is 10.2 Å². The summed E-state index contributed by atoms with van der Waals surface area (Å²) in [6.45, 7) is 4.36. The zero-order valence-electron chi connectivity index (χ0n) is 14.5. The van der Waals surface area contributed by atoms with Gasteiger partial charge >= 0.3 is 0 Å². The van der Waals surface area contributed by atoms with Gasteiger partial charge in [0.1, 0.15) is 5.69 Å². The van der Waals surface area contributed by atoms with E-state index in [1.54, 1.807) is 6.20 Å². The number of para-hydroxylation sites is 1. The minimum Gasteiger partial charge on any atom is -0.361 e. The molecule has 0 bridgehead atoms. The number of piperidine rings is 1. The number of likely N-dealkylation sites (tertiary alicyclic amines) is 1. The van der Waals surface area contributed by atoms with E-state index in [9.17, 15) is 0 Å². The van der Waals surface area contributed by atoms with Crippen LogP contribution in [0.5, 0.6) is 0 Å². The van der Waals surface area contributed by atoms with Gasteiger partial charge in [0.2, 0.25) is 0 Å². The second-order valence-electron chi connectivity index (χ2n) is 6.95. The van der Waals surface area contributed by atoms with Gasteiger partial charge in [0.25, 0.3) is 0 Å². The molecule has 2 atom stereocenters. The molecule has 1 fully saturated rings. The van der Waals surface area contributed by atoms with Gasteiger partial charge in [-0.1, -0.05) is 23.1 Å². The summed E-state index contributed by atoms with van der Waals surface area (Å²) >= 11 is 0. The van der Waals surface area contributed by atoms with Crippen molar-refractivity contribution in [3.8, 4) is 0 Å². The lowest BCUT2D eigenvalue weighted by Crippen LogP contribution is -2.39. The van der Waals surface area contributed by atoms with Crippen LogP contribution in [0.15, 0.2) is 36.7 Å². The minimum absolute atomic E-state index is 0.0946. The van der Waals surface area contributed by atoms with Crippen LogP contribution in [0, 0.1) is 5.92 Å². The van der Waals surface area contributed by atoms with Crippen LogP contribution >= 0.6 is 0 Å². The Balaban J connectivity index is 1.43. The number of benzene rings is 1. The first-order chi connectivity index (χ1) is 12.1. The highest BCUT2D eigenvalue weighted by Gasteiger charge is 2.29. The molecule has 132 valence electrons. The van der Waals surface area contributed by atoms with Crippen molar-refractivity contribution in [2.45, 2.75) is 31.8 Å². The summed E-state index contributed by atoms with van der Waals surface area (Å²) in [5.41, 5.74) is 9.73. The van der Waals surface area contributed by atoms with Crippen molar-refractivity contribution in [1.82, 2.24) is 25.0 Å². The Labute approximate surface area is 146 Å². The number of nitrogens with zero attached hydrogens (tertiary/aromatic N) is 4. The zero-order valence-corrected chi connectivity index (χ0v) is 14.5. The number of nitrogens with two attached hydrogens (primary N) is 2. The molecule has 25 heavy (non-hydrogen) atoms. The molecule has 3 aromatic rings. The molecule has 0 saturated carbocycles. The second-order valence-corrected chi connectivity index (χ2v) is 6.95. The average Bonchev–Trinajstić information content (AvgIpc) is 3.27. The van der Waals surface area contributed by atoms with E-state index in [-0.39, 0.29) is 6.04 Å². The van der Waals surface area contributed by atoms with Crippen molar-refractivity contribution in [2.24, 2.45) is 11.7 Å². The van der Waals surface area contributed by atoms with Crippen molar-refractivity contribution >= 4 is 10.9 Å². The smallest absolute Gasteiger partial charge is 0.102 e. The Kier molecular flexibility index (Phi) is 4.19. The average molecular weight is 339 g/mol. The highest BCUT2D eigenvalue weighted by molar-refractivity contribution is 5.83. The first-order valence-electron chi connectivity index (χ1n) is 8.86. The van der Waals surface area contributed by atoms with Crippen LogP contribution in [-0.2, 0) is 0 Å². The van der Waals surface area contributed by atoms with Gasteiger partial charge in [-0.05, 0) is 50.4 Å². The van der Waals surface area contributed by atoms with Crippen LogP contribution in [0.3, 0.4) is 0 Å². The van der Waals surface area contributed by atoms with E-state index < -0.39 is 0 Å². The predicted octanol–water partition coefficient (Wildman–Crippen LogP) is 1.95. The molecule has 3 heterocycles. The normalized spacial score (nSPS) is 19.3. The molecule has 7 heteroatoms. The van der Waals surface area contributed by atoms with Crippen molar-refractivity contribution in [1.29, 1.82) is 0 Å². The van der Waals surface area contributed by atoms with Crippen molar-refractivity contribution in [2.75, 3.05) is 18.9 Å². The molecular weight excluding hydrogens is 314 g/mol. The molecular formula is C18H25N7. The van der Waals surface area contributed by atoms with Gasteiger partial charge in [-0.2, -0.15) is 0 Å². The Hall–Kier alpha value is -2.38. The molecule has 2 aromatic heterocycles. The topological polar surface area (TPSA) is 102 Å². The molecule has 1 saturated heterocycles. The van der Waals surface area contributed by atoms with E-state index in [0.717, 1.165) is 36.5 Å². The van der Waals surface area contributed by atoms with Crippen LogP contribution in [-0.4, -0.2) is 38.1 Å². The van der Waals surface area contributed by atoms with E-state index in [1.165, 1.54) is 16.5 Å². The highest BCUT2D eigenvalue weighted by Crippen LogP contribution is 2.34. The van der Waals surface area contributed by atoms with E-state index in [2.05, 4.69) is 57.5 Å². The lowest BCUT2D eigenvalue weighted by molar-refractivity contribution is 0.130. The summed E-state index contributed by atoms with van der Waals surface area (Å²) in [7, 11) is 0. The Morgan fingerprint density at radius 3 is 2.72 bits per heavy atom. The van der Waals surface area contributed by atoms with Crippen LogP contribution in [0.2, 0.25) is 0 Å². The summed E-state index contributed by atoms with van der Waals surface area (Å²) in [6, 6.07) is 8.78. The molecule has 7 nitrogen and oxygen atoms in total. The number of nitrogen functional groups attached to an aromatic ring is 1. The summed E-state index contributed by atoms with van der Waals surface area (Å²) in [4.78, 5) is 7.01. The van der Waals surface area contributed by atoms with Crippen LogP contribution < -0.4 is 11.6 Å². The summed E-state index contributed by atoms with van der Waals surface area (Å²) in [5.74, 6) is 5.95. The standard InChI is InChI=1S/C18H25N7/c1-12(15-10-21-16-5-3-2-4-14(15)16)24-8-6-13(7-9-24)18(19)17-11-22-25(20)23-17/h2-5,10-13,18,21H,6-9,19-20H2,1H3. The van der Waals surface area contributed by atoms with Crippen molar-refractivity contribution < 1.29 is 0 Å². The number of nitrogens with one attached hydrogen (secondary N) is 1. The Morgan fingerprint density at radius 2 is 2.00 bits per heavy atom. The Bertz CT molecular complexity index is 844. The molecule has 1 aromatic carbocycles. The van der Waals surface area contributed by atoms with Gasteiger partial charge < -0.3 is 16.6 Å². The third-order valence-electron chi connectivity index (χ3n) is 5.57. The van der Waals surface area contributed by atoms with E-state index in [4.69, 9.17) is 11.6 Å². The second kappa shape index (κ2) is 6.50. The maximum Gasteiger partial charge on any atom is 0.102 e. The SMILES string of the molecule is CC(c1c[nH]c2ccccc12)N1CCC(C(N)c2cnn(N)n2)CC1. The third-order valence-corrected chi connectivity index (χ3v) is 5.57. The van der Waals surface area contributed by atoms with Crippen LogP contribution in [0.1, 0.15) is 43.1 Å². The van der Waals surface area contributed by atoms with Gasteiger partial charge in [0, 0.05) is 23.1 Å². The number of rotatable bonds is 4. The lowest BCUT2D eigenvalue weighted by Gasteiger charge is -2.37. The molecule has 0 radical (unpaired) electrons. The van der Waals surface area contributed by atoms with Gasteiger partial charge in [0.15, 0.2) is 0 Å². The summed E-state index contributed by atoms with van der Waals surface area (Å²) < 4.78 is 0. The monoisotopic (exact) mass is 339 g/mol. The number of aromatic amines is 1. The van der Waals surface area contributed by atoms with E-state index >= 15 is 0 Å². The van der Waals surface area contributed by atoms with Crippen molar-refractivity contribution in [3.05, 3.63) is 47.9 Å². The molecule has 4 rings (SSSR count). The van der Waals surface area contributed by atoms with Gasteiger partial charge in [-0.25, -0.2) is 0 Å². The number of H-pyrrole nitrogens is 1. The van der Waals surface area contributed by atoms with Crippen molar-refractivity contribution in [3.63, 3.8) is 0 Å². The summed E-state index contributed by atoms with van der Waals surface area (Å²) in [5, 5.41) is 9.40. The predicted molar refractivity (Wildman–Crippen MR) is 98.1 cm³/mol. The fourth-order valence-corrected chi connectivity index (χ4v) is 3.98. The summed E-state index contributed by atoms with van der Waals surface area (Å²) in [6.07, 6.45) is 5.94. The minimum atomic E-state index is -0.0946. The number of hydrogen-bond donors (Lipinski definition) is 3. The van der Waals surface area contributed by atoms with E-state index in [0.29, 0.717) is 12.0 Å². The molecule has 0 amide bonds. The highest BCUT2D eigenvalue weighted by atomic mass is 15.6. The molecule has 1 aliphatic heterocycles. The fourth-order valence-electron chi connectivity index (χ4n) is 3.98. The molecule has 0 aliphatic carbocycles. The van der Waals surface area contributed by atoms with Gasteiger partial charge in [0.05, 0.1) is 12.2 Å². The first kappa shape index (κ1) is 16.1. The van der Waals surface area contributed by atoms with Crippen LogP contribution in [0.4, 0.5) is 0 Å². The molecule has 5 N–H and O–H groups in total. The zero-order chi connectivity index (χ0) is 17.4. The first-order valence-corrected chi connectivity index (χ1v) is 8.86. The van der Waals surface area contributed by atoms with E-state index in [1.807, 2.05) is 0 Å². The Morgan fingerprint density at radius 1 is 1.24 bits per heavy atom. The van der Waals surface area contributed by atoms with Crippen LogP contribution in [0.25, 0.3) is 10.9 Å². The maximum absolute atomic E-state index is 6.38. The molecule has 2 unspecified atom stereocenters. The quantitative estimate of drug-likeness (QED) is 0.631. The molecule has 1 aliphatic rings.